The van der Waals surface area contributed by atoms with Gasteiger partial charge in [-0.2, -0.15) is 0 Å². The molecule has 2 heteroatoms. The maximum Gasteiger partial charge on any atom is 0.123 e. The molecule has 21 heavy (non-hydrogen) atoms. The molecule has 2 nitrogen and oxygen atoms in total. The second-order valence-corrected chi connectivity index (χ2v) is 5.55. The molecule has 0 radical (unpaired) electrons. The molecule has 0 aromatic heterocycles. The molecule has 112 valence electrons. The van der Waals surface area contributed by atoms with E-state index >= 15 is 0 Å². The lowest BCUT2D eigenvalue weighted by Gasteiger charge is -2.21. The van der Waals surface area contributed by atoms with Gasteiger partial charge in [0.15, 0.2) is 0 Å². The van der Waals surface area contributed by atoms with Gasteiger partial charge in [-0.25, -0.2) is 0 Å². The number of nitrogens with one attached hydrogen (secondary N) is 1. The predicted octanol–water partition coefficient (Wildman–Crippen LogP) is 4.21. The molecule has 0 spiro atoms. The lowest BCUT2D eigenvalue weighted by atomic mass is 9.96. The van der Waals surface area contributed by atoms with Crippen LogP contribution in [-0.4, -0.2) is 13.7 Å². The summed E-state index contributed by atoms with van der Waals surface area (Å²) in [7, 11) is 1.74. The van der Waals surface area contributed by atoms with Gasteiger partial charge < -0.3 is 10.1 Å². The van der Waals surface area contributed by atoms with E-state index in [1.54, 1.807) is 7.11 Å². The molecule has 2 rings (SSSR count). The largest absolute Gasteiger partial charge is 0.496 e. The van der Waals surface area contributed by atoms with Crippen LogP contribution < -0.4 is 10.1 Å². The fourth-order valence-electron chi connectivity index (χ4n) is 2.74. The lowest BCUT2D eigenvalue weighted by Crippen LogP contribution is -2.23. The Morgan fingerprint density at radius 2 is 1.81 bits per heavy atom. The second-order valence-electron chi connectivity index (χ2n) is 5.55. The predicted molar refractivity (Wildman–Crippen MR) is 89.0 cm³/mol. The van der Waals surface area contributed by atoms with Crippen LogP contribution in [0.25, 0.3) is 0 Å². The zero-order chi connectivity index (χ0) is 15.2. The third-order valence-corrected chi connectivity index (χ3v) is 3.73. The molecular weight excluding hydrogens is 258 g/mol. The number of methoxy groups -OCH3 is 1. The average molecular weight is 283 g/mol. The number of benzene rings is 2. The fourth-order valence-corrected chi connectivity index (χ4v) is 2.74. The molecule has 0 saturated carbocycles. The van der Waals surface area contributed by atoms with Crippen molar-refractivity contribution in [1.82, 2.24) is 5.32 Å². The molecule has 0 bridgehead atoms. The Morgan fingerprint density at radius 3 is 2.48 bits per heavy atom. The summed E-state index contributed by atoms with van der Waals surface area (Å²) < 4.78 is 5.55. The van der Waals surface area contributed by atoms with E-state index in [2.05, 4.69) is 68.6 Å². The Morgan fingerprint density at radius 1 is 1.05 bits per heavy atom. The van der Waals surface area contributed by atoms with E-state index in [1.807, 2.05) is 0 Å². The lowest BCUT2D eigenvalue weighted by molar-refractivity contribution is 0.399. The highest BCUT2D eigenvalue weighted by Crippen LogP contribution is 2.29. The van der Waals surface area contributed by atoms with E-state index in [-0.39, 0.29) is 6.04 Å². The standard InChI is InChI=1S/C19H25NO/c1-5-20-18(13-16-8-6-7-14(2)11-16)17-12-15(3)9-10-19(17)21-4/h6-12,18,20H,5,13H2,1-4H3. The Kier molecular flexibility index (Phi) is 5.40. The summed E-state index contributed by atoms with van der Waals surface area (Å²) in [6, 6.07) is 15.4. The molecule has 0 fully saturated rings. The van der Waals surface area contributed by atoms with Crippen LogP contribution in [0, 0.1) is 13.8 Å². The SMILES string of the molecule is CCNC(Cc1cccc(C)c1)c1cc(C)ccc1OC. The molecule has 0 amide bonds. The van der Waals surface area contributed by atoms with Crippen LogP contribution in [0.15, 0.2) is 42.5 Å². The minimum atomic E-state index is 0.270. The van der Waals surface area contributed by atoms with Gasteiger partial charge >= 0.3 is 0 Å². The monoisotopic (exact) mass is 283 g/mol. The summed E-state index contributed by atoms with van der Waals surface area (Å²) in [6.45, 7) is 7.34. The maximum absolute atomic E-state index is 5.55. The zero-order valence-electron chi connectivity index (χ0n) is 13.4. The van der Waals surface area contributed by atoms with Crippen molar-refractivity contribution in [3.63, 3.8) is 0 Å². The summed E-state index contributed by atoms with van der Waals surface area (Å²) in [5.41, 5.74) is 5.15. The Labute approximate surface area is 128 Å². The summed E-state index contributed by atoms with van der Waals surface area (Å²) in [5, 5.41) is 3.59. The van der Waals surface area contributed by atoms with Crippen molar-refractivity contribution in [2.45, 2.75) is 33.2 Å². The van der Waals surface area contributed by atoms with E-state index in [0.717, 1.165) is 18.7 Å². The average Bonchev–Trinajstić information content (AvgIpc) is 2.47. The van der Waals surface area contributed by atoms with E-state index in [1.165, 1.54) is 22.3 Å². The van der Waals surface area contributed by atoms with Crippen LogP contribution in [0.2, 0.25) is 0 Å². The van der Waals surface area contributed by atoms with Crippen LogP contribution in [0.3, 0.4) is 0 Å². The molecule has 0 aliphatic carbocycles. The van der Waals surface area contributed by atoms with Gasteiger partial charge in [0.1, 0.15) is 5.75 Å². The number of hydrogen-bond donors (Lipinski definition) is 1. The summed E-state index contributed by atoms with van der Waals surface area (Å²) in [6.07, 6.45) is 0.968. The Hall–Kier alpha value is -1.80. The van der Waals surface area contributed by atoms with Crippen molar-refractivity contribution >= 4 is 0 Å². The Bertz CT molecular complexity index is 592. The number of ether oxygens (including phenoxy) is 1. The van der Waals surface area contributed by atoms with Gasteiger partial charge in [0.25, 0.3) is 0 Å². The van der Waals surface area contributed by atoms with E-state index < -0.39 is 0 Å². The van der Waals surface area contributed by atoms with Crippen LogP contribution in [0.4, 0.5) is 0 Å². The topological polar surface area (TPSA) is 21.3 Å². The molecule has 1 atom stereocenters. The first-order valence-corrected chi connectivity index (χ1v) is 7.57. The van der Waals surface area contributed by atoms with Crippen molar-refractivity contribution in [3.05, 3.63) is 64.7 Å². The molecule has 0 aliphatic heterocycles. The smallest absolute Gasteiger partial charge is 0.123 e. The van der Waals surface area contributed by atoms with Crippen LogP contribution in [0.1, 0.15) is 35.2 Å². The van der Waals surface area contributed by atoms with E-state index in [4.69, 9.17) is 4.74 Å². The van der Waals surface area contributed by atoms with Gasteiger partial charge in [-0.05, 0) is 38.4 Å². The van der Waals surface area contributed by atoms with Gasteiger partial charge in [0.05, 0.1) is 7.11 Å². The number of likely N-dealkylation sites (N-methyl/N-ethyl adjacent to an activating group) is 1. The molecule has 2 aromatic carbocycles. The van der Waals surface area contributed by atoms with Crippen molar-refractivity contribution in [1.29, 1.82) is 0 Å². The van der Waals surface area contributed by atoms with Crippen molar-refractivity contribution in [2.24, 2.45) is 0 Å². The van der Waals surface area contributed by atoms with Crippen molar-refractivity contribution in [3.8, 4) is 5.75 Å². The van der Waals surface area contributed by atoms with Gasteiger partial charge in [-0.3, -0.25) is 0 Å². The third-order valence-electron chi connectivity index (χ3n) is 3.73. The summed E-state index contributed by atoms with van der Waals surface area (Å²) >= 11 is 0. The third kappa shape index (κ3) is 4.08. The van der Waals surface area contributed by atoms with Crippen molar-refractivity contribution < 1.29 is 4.74 Å². The molecule has 0 heterocycles. The van der Waals surface area contributed by atoms with Crippen molar-refractivity contribution in [2.75, 3.05) is 13.7 Å². The summed E-state index contributed by atoms with van der Waals surface area (Å²) in [4.78, 5) is 0. The zero-order valence-corrected chi connectivity index (χ0v) is 13.4. The van der Waals surface area contributed by atoms with E-state index in [0.29, 0.717) is 0 Å². The maximum atomic E-state index is 5.55. The van der Waals surface area contributed by atoms with Gasteiger partial charge in [-0.15, -0.1) is 0 Å². The van der Waals surface area contributed by atoms with Crippen LogP contribution in [-0.2, 0) is 6.42 Å². The van der Waals surface area contributed by atoms with Gasteiger partial charge in [-0.1, -0.05) is 54.4 Å². The second kappa shape index (κ2) is 7.28. The molecule has 1 unspecified atom stereocenters. The minimum absolute atomic E-state index is 0.270. The minimum Gasteiger partial charge on any atom is -0.496 e. The highest BCUT2D eigenvalue weighted by Gasteiger charge is 2.16. The quantitative estimate of drug-likeness (QED) is 0.857. The number of hydrogen-bond acceptors (Lipinski definition) is 2. The molecular formula is C19H25NO. The highest BCUT2D eigenvalue weighted by molar-refractivity contribution is 5.40. The number of aryl methyl sites for hydroxylation is 2. The molecule has 1 N–H and O–H groups in total. The van der Waals surface area contributed by atoms with Gasteiger partial charge in [0, 0.05) is 11.6 Å². The first kappa shape index (κ1) is 15.6. The van der Waals surface area contributed by atoms with Gasteiger partial charge in [0.2, 0.25) is 0 Å². The normalized spacial score (nSPS) is 12.2. The first-order chi connectivity index (χ1) is 10.1. The number of rotatable bonds is 6. The van der Waals surface area contributed by atoms with Crippen LogP contribution >= 0.6 is 0 Å². The van der Waals surface area contributed by atoms with E-state index in [9.17, 15) is 0 Å². The summed E-state index contributed by atoms with van der Waals surface area (Å²) in [5.74, 6) is 0.958. The first-order valence-electron chi connectivity index (χ1n) is 7.57. The molecule has 0 saturated heterocycles. The molecule has 0 aliphatic rings. The highest BCUT2D eigenvalue weighted by atomic mass is 16.5. The molecule has 2 aromatic rings. The Balaban J connectivity index is 2.32. The van der Waals surface area contributed by atoms with Crippen LogP contribution in [0.5, 0.6) is 5.75 Å². The fraction of sp³-hybridized carbons (Fsp3) is 0.368.